The van der Waals surface area contributed by atoms with Crippen molar-refractivity contribution in [2.45, 2.75) is 25.4 Å². The minimum absolute atomic E-state index is 0.00931. The molecule has 3 rings (SSSR count). The molecule has 1 unspecified atom stereocenters. The quantitative estimate of drug-likeness (QED) is 0.678. The number of benzene rings is 1. The van der Waals surface area contributed by atoms with Gasteiger partial charge in [-0.15, -0.1) is 11.3 Å². The van der Waals surface area contributed by atoms with Crippen molar-refractivity contribution < 1.29 is 19.4 Å². The molecule has 0 spiro atoms. The van der Waals surface area contributed by atoms with Gasteiger partial charge in [-0.3, -0.25) is 9.59 Å². The average Bonchev–Trinajstić information content (AvgIpc) is 3.34. The summed E-state index contributed by atoms with van der Waals surface area (Å²) in [4.78, 5) is 25.2. The molecular weight excluding hydrogens is 352 g/mol. The second-order valence-electron chi connectivity index (χ2n) is 6.52. The monoisotopic (exact) mass is 374 g/mol. The molecule has 7 heteroatoms. The van der Waals surface area contributed by atoms with Crippen LogP contribution in [0.2, 0.25) is 0 Å². The SMILES string of the molecule is COc1ccc(C)cc1NC(=O)C(=O)NCC(O)(c1cccs1)C1CC1. The first-order chi connectivity index (χ1) is 12.4. The summed E-state index contributed by atoms with van der Waals surface area (Å²) >= 11 is 1.45. The van der Waals surface area contributed by atoms with Gasteiger partial charge < -0.3 is 20.5 Å². The third-order valence-electron chi connectivity index (χ3n) is 4.53. The zero-order valence-corrected chi connectivity index (χ0v) is 15.6. The van der Waals surface area contributed by atoms with Crippen molar-refractivity contribution in [1.29, 1.82) is 0 Å². The zero-order chi connectivity index (χ0) is 18.7. The summed E-state index contributed by atoms with van der Waals surface area (Å²) in [5.74, 6) is -0.992. The highest BCUT2D eigenvalue weighted by atomic mass is 32.1. The maximum Gasteiger partial charge on any atom is 0.313 e. The fourth-order valence-electron chi connectivity index (χ4n) is 2.91. The molecule has 0 saturated heterocycles. The molecule has 138 valence electrons. The fraction of sp³-hybridized carbons (Fsp3) is 0.368. The Morgan fingerprint density at radius 3 is 2.69 bits per heavy atom. The number of hydrogen-bond donors (Lipinski definition) is 3. The summed E-state index contributed by atoms with van der Waals surface area (Å²) in [6.45, 7) is 1.89. The van der Waals surface area contributed by atoms with Gasteiger partial charge in [0.15, 0.2) is 0 Å². The van der Waals surface area contributed by atoms with Gasteiger partial charge in [0, 0.05) is 4.88 Å². The topological polar surface area (TPSA) is 87.7 Å². The number of hydrogen-bond acceptors (Lipinski definition) is 5. The van der Waals surface area contributed by atoms with Crippen LogP contribution in [-0.2, 0) is 15.2 Å². The number of ether oxygens (including phenoxy) is 1. The van der Waals surface area contributed by atoms with Crippen molar-refractivity contribution in [2.24, 2.45) is 5.92 Å². The molecule has 1 aromatic heterocycles. The molecule has 1 aliphatic carbocycles. The van der Waals surface area contributed by atoms with E-state index < -0.39 is 17.4 Å². The number of amides is 2. The van der Waals surface area contributed by atoms with Gasteiger partial charge in [0.1, 0.15) is 11.4 Å². The first-order valence-corrected chi connectivity index (χ1v) is 9.32. The predicted molar refractivity (Wildman–Crippen MR) is 100 cm³/mol. The second-order valence-corrected chi connectivity index (χ2v) is 7.46. The lowest BCUT2D eigenvalue weighted by Crippen LogP contribution is -2.45. The molecule has 1 aliphatic rings. The molecule has 1 fully saturated rings. The number of thiophene rings is 1. The van der Waals surface area contributed by atoms with Gasteiger partial charge in [-0.05, 0) is 54.8 Å². The Hall–Kier alpha value is -2.38. The Bertz CT molecular complexity index is 802. The summed E-state index contributed by atoms with van der Waals surface area (Å²) in [5.41, 5.74) is 0.246. The van der Waals surface area contributed by atoms with E-state index in [1.807, 2.05) is 30.5 Å². The minimum Gasteiger partial charge on any atom is -0.495 e. The smallest absolute Gasteiger partial charge is 0.313 e. The number of carbonyl (C=O) groups excluding carboxylic acids is 2. The number of aliphatic hydroxyl groups is 1. The van der Waals surface area contributed by atoms with E-state index in [1.54, 1.807) is 12.1 Å². The zero-order valence-electron chi connectivity index (χ0n) is 14.7. The van der Waals surface area contributed by atoms with Crippen LogP contribution in [0.15, 0.2) is 35.7 Å². The van der Waals surface area contributed by atoms with Crippen molar-refractivity contribution in [1.82, 2.24) is 5.32 Å². The molecule has 1 heterocycles. The number of rotatable bonds is 6. The van der Waals surface area contributed by atoms with E-state index in [9.17, 15) is 14.7 Å². The number of nitrogens with one attached hydrogen (secondary N) is 2. The van der Waals surface area contributed by atoms with Crippen LogP contribution in [0.25, 0.3) is 0 Å². The molecule has 1 aromatic carbocycles. The molecule has 0 radical (unpaired) electrons. The summed E-state index contributed by atoms with van der Waals surface area (Å²) in [7, 11) is 1.50. The van der Waals surface area contributed by atoms with E-state index >= 15 is 0 Å². The molecule has 26 heavy (non-hydrogen) atoms. The van der Waals surface area contributed by atoms with Crippen molar-refractivity contribution in [3.63, 3.8) is 0 Å². The largest absolute Gasteiger partial charge is 0.495 e. The molecule has 2 amide bonds. The lowest BCUT2D eigenvalue weighted by Gasteiger charge is -2.27. The van der Waals surface area contributed by atoms with Crippen LogP contribution in [0.4, 0.5) is 5.69 Å². The van der Waals surface area contributed by atoms with Crippen LogP contribution in [0.3, 0.4) is 0 Å². The summed E-state index contributed by atoms with van der Waals surface area (Å²) in [5, 5.41) is 18.0. The van der Waals surface area contributed by atoms with Crippen molar-refractivity contribution >= 4 is 28.8 Å². The average molecular weight is 374 g/mol. The summed E-state index contributed by atoms with van der Waals surface area (Å²) in [6, 6.07) is 9.03. The van der Waals surface area contributed by atoms with Crippen LogP contribution < -0.4 is 15.4 Å². The highest BCUT2D eigenvalue weighted by Crippen LogP contribution is 2.46. The highest BCUT2D eigenvalue weighted by Gasteiger charge is 2.46. The van der Waals surface area contributed by atoms with Crippen molar-refractivity contribution in [3.8, 4) is 5.75 Å². The van der Waals surface area contributed by atoms with Gasteiger partial charge in [-0.1, -0.05) is 12.1 Å². The first kappa shape index (κ1) is 18.4. The van der Waals surface area contributed by atoms with E-state index in [4.69, 9.17) is 4.74 Å². The molecule has 2 aromatic rings. The lowest BCUT2D eigenvalue weighted by molar-refractivity contribution is -0.137. The van der Waals surface area contributed by atoms with E-state index in [0.717, 1.165) is 23.3 Å². The number of aryl methyl sites for hydroxylation is 1. The van der Waals surface area contributed by atoms with E-state index in [0.29, 0.717) is 11.4 Å². The van der Waals surface area contributed by atoms with Crippen molar-refractivity contribution in [2.75, 3.05) is 19.0 Å². The fourth-order valence-corrected chi connectivity index (χ4v) is 3.82. The molecule has 3 N–H and O–H groups in total. The van der Waals surface area contributed by atoms with Gasteiger partial charge in [0.05, 0.1) is 19.3 Å². The Morgan fingerprint density at radius 2 is 2.08 bits per heavy atom. The number of carbonyl (C=O) groups is 2. The number of anilines is 1. The van der Waals surface area contributed by atoms with Crippen LogP contribution in [0.5, 0.6) is 5.75 Å². The normalized spacial score (nSPS) is 15.8. The van der Waals surface area contributed by atoms with E-state index in [2.05, 4.69) is 10.6 Å². The van der Waals surface area contributed by atoms with Crippen LogP contribution in [-0.4, -0.2) is 30.6 Å². The van der Waals surface area contributed by atoms with E-state index in [-0.39, 0.29) is 12.5 Å². The Kier molecular flexibility index (Phi) is 5.29. The summed E-state index contributed by atoms with van der Waals surface area (Å²) in [6.07, 6.45) is 1.83. The molecule has 0 bridgehead atoms. The lowest BCUT2D eigenvalue weighted by atomic mass is 9.95. The van der Waals surface area contributed by atoms with Gasteiger partial charge in [-0.2, -0.15) is 0 Å². The molecule has 1 atom stereocenters. The van der Waals surface area contributed by atoms with E-state index in [1.165, 1.54) is 18.4 Å². The second kappa shape index (κ2) is 7.47. The Balaban J connectivity index is 1.64. The molecular formula is C19H22N2O4S. The molecule has 0 aliphatic heterocycles. The van der Waals surface area contributed by atoms with Crippen LogP contribution >= 0.6 is 11.3 Å². The Morgan fingerprint density at radius 1 is 1.31 bits per heavy atom. The third-order valence-corrected chi connectivity index (χ3v) is 5.57. The van der Waals surface area contributed by atoms with Gasteiger partial charge in [0.25, 0.3) is 0 Å². The molecule has 6 nitrogen and oxygen atoms in total. The van der Waals surface area contributed by atoms with Crippen LogP contribution in [0.1, 0.15) is 23.3 Å². The molecule has 1 saturated carbocycles. The minimum atomic E-state index is -1.12. The number of methoxy groups -OCH3 is 1. The standard InChI is InChI=1S/C19H22N2O4S/c1-12-5-8-15(25-2)14(10-12)21-18(23)17(22)20-11-19(24,13-6-7-13)16-4-3-9-26-16/h3-5,8-10,13,24H,6-7,11H2,1-2H3,(H,20,22)(H,21,23). The van der Waals surface area contributed by atoms with Gasteiger partial charge >= 0.3 is 11.8 Å². The predicted octanol–water partition coefficient (Wildman–Crippen LogP) is 2.42. The third kappa shape index (κ3) is 3.89. The summed E-state index contributed by atoms with van der Waals surface area (Å²) < 4.78 is 5.20. The van der Waals surface area contributed by atoms with Crippen LogP contribution in [0, 0.1) is 12.8 Å². The highest BCUT2D eigenvalue weighted by molar-refractivity contribution is 7.10. The van der Waals surface area contributed by atoms with Crippen molar-refractivity contribution in [3.05, 3.63) is 46.2 Å². The van der Waals surface area contributed by atoms with Gasteiger partial charge in [-0.25, -0.2) is 0 Å². The first-order valence-electron chi connectivity index (χ1n) is 8.44. The maximum absolute atomic E-state index is 12.2. The Labute approximate surface area is 156 Å². The van der Waals surface area contributed by atoms with Gasteiger partial charge in [0.2, 0.25) is 0 Å². The maximum atomic E-state index is 12.2.